The molecule has 4 aromatic rings. The van der Waals surface area contributed by atoms with Crippen LogP contribution < -0.4 is 0 Å². The molecular formula is C25H24O. The van der Waals surface area contributed by atoms with Gasteiger partial charge < -0.3 is 4.42 Å². The zero-order valence-electron chi connectivity index (χ0n) is 15.9. The highest BCUT2D eigenvalue weighted by Crippen LogP contribution is 2.53. The van der Waals surface area contributed by atoms with Crippen LogP contribution >= 0.6 is 0 Å². The monoisotopic (exact) mass is 340 g/mol. The summed E-state index contributed by atoms with van der Waals surface area (Å²) in [5.74, 6) is 0.592. The van der Waals surface area contributed by atoms with Crippen molar-refractivity contribution in [1.29, 1.82) is 0 Å². The predicted molar refractivity (Wildman–Crippen MR) is 110 cm³/mol. The molecule has 0 fully saturated rings. The van der Waals surface area contributed by atoms with Gasteiger partial charge in [-0.15, -0.1) is 0 Å². The van der Waals surface area contributed by atoms with Gasteiger partial charge in [-0.25, -0.2) is 0 Å². The molecule has 1 heterocycles. The van der Waals surface area contributed by atoms with E-state index >= 15 is 0 Å². The third kappa shape index (κ3) is 1.92. The smallest absolute Gasteiger partial charge is 0.136 e. The molecule has 1 nitrogen and oxygen atoms in total. The van der Waals surface area contributed by atoms with Crippen LogP contribution in [0.5, 0.6) is 0 Å². The van der Waals surface area contributed by atoms with Crippen LogP contribution in [0, 0.1) is 0 Å². The Morgan fingerprint density at radius 1 is 0.923 bits per heavy atom. The molecule has 0 saturated heterocycles. The van der Waals surface area contributed by atoms with Crippen molar-refractivity contribution in [2.75, 3.05) is 0 Å². The Morgan fingerprint density at radius 3 is 2.54 bits per heavy atom. The maximum Gasteiger partial charge on any atom is 0.136 e. The Labute approximate surface area is 154 Å². The Balaban J connectivity index is 1.89. The second kappa shape index (κ2) is 5.23. The zero-order valence-corrected chi connectivity index (χ0v) is 15.9. The summed E-state index contributed by atoms with van der Waals surface area (Å²) in [7, 11) is 0. The molecule has 0 aliphatic heterocycles. The zero-order chi connectivity index (χ0) is 18.1. The maximum atomic E-state index is 6.14. The highest BCUT2D eigenvalue weighted by Gasteiger charge is 2.37. The fraction of sp³-hybridized carbons (Fsp3) is 0.280. The molecule has 1 aromatic heterocycles. The summed E-state index contributed by atoms with van der Waals surface area (Å²) in [6.07, 6.45) is 1.17. The van der Waals surface area contributed by atoms with E-state index in [9.17, 15) is 0 Å². The lowest BCUT2D eigenvalue weighted by molar-refractivity contribution is 0.652. The van der Waals surface area contributed by atoms with E-state index in [1.54, 1.807) is 0 Å². The summed E-state index contributed by atoms with van der Waals surface area (Å²) in [4.78, 5) is 0. The number of para-hydroxylation sites is 1. The van der Waals surface area contributed by atoms with Gasteiger partial charge in [-0.1, -0.05) is 70.2 Å². The second-order valence-electron chi connectivity index (χ2n) is 8.20. The highest BCUT2D eigenvalue weighted by atomic mass is 16.3. The van der Waals surface area contributed by atoms with Gasteiger partial charge in [0.15, 0.2) is 0 Å². The molecule has 1 atom stereocenters. The second-order valence-corrected chi connectivity index (χ2v) is 8.20. The predicted octanol–water partition coefficient (Wildman–Crippen LogP) is 7.41. The van der Waals surface area contributed by atoms with Crippen molar-refractivity contribution in [2.45, 2.75) is 45.4 Å². The Morgan fingerprint density at radius 2 is 1.73 bits per heavy atom. The van der Waals surface area contributed by atoms with E-state index in [-0.39, 0.29) is 5.41 Å². The highest BCUT2D eigenvalue weighted by molar-refractivity contribution is 6.14. The third-order valence-corrected chi connectivity index (χ3v) is 6.38. The summed E-state index contributed by atoms with van der Waals surface area (Å²) in [5.41, 5.74) is 9.01. The lowest BCUT2D eigenvalue weighted by Crippen LogP contribution is -2.15. The summed E-state index contributed by atoms with van der Waals surface area (Å²) >= 11 is 0. The van der Waals surface area contributed by atoms with Gasteiger partial charge in [-0.05, 0) is 52.3 Å². The molecule has 3 aromatic carbocycles. The van der Waals surface area contributed by atoms with Crippen LogP contribution in [0.1, 0.15) is 56.7 Å². The van der Waals surface area contributed by atoms with Crippen LogP contribution in [-0.4, -0.2) is 0 Å². The lowest BCUT2D eigenvalue weighted by atomic mass is 9.81. The molecular weight excluding hydrogens is 316 g/mol. The average Bonchev–Trinajstić information content (AvgIpc) is 3.14. The minimum atomic E-state index is 0.0146. The van der Waals surface area contributed by atoms with E-state index in [0.29, 0.717) is 5.92 Å². The van der Waals surface area contributed by atoms with E-state index < -0.39 is 0 Å². The lowest BCUT2D eigenvalue weighted by Gasteiger charge is -2.22. The normalized spacial score (nSPS) is 16.0. The first kappa shape index (κ1) is 15.7. The van der Waals surface area contributed by atoms with Crippen molar-refractivity contribution in [3.8, 4) is 11.1 Å². The first-order valence-electron chi connectivity index (χ1n) is 9.62. The molecule has 1 aliphatic carbocycles. The number of hydrogen-bond acceptors (Lipinski definition) is 1. The van der Waals surface area contributed by atoms with Crippen LogP contribution in [0.4, 0.5) is 0 Å². The molecule has 1 heteroatoms. The van der Waals surface area contributed by atoms with Crippen LogP contribution in [0.25, 0.3) is 33.1 Å². The fourth-order valence-corrected chi connectivity index (χ4v) is 4.60. The quantitative estimate of drug-likeness (QED) is 0.370. The van der Waals surface area contributed by atoms with Crippen LogP contribution in [-0.2, 0) is 5.41 Å². The van der Waals surface area contributed by atoms with E-state index in [2.05, 4.69) is 76.2 Å². The molecule has 0 saturated carbocycles. The van der Waals surface area contributed by atoms with Crippen molar-refractivity contribution in [3.63, 3.8) is 0 Å². The molecule has 26 heavy (non-hydrogen) atoms. The molecule has 1 aliphatic rings. The minimum Gasteiger partial charge on any atom is -0.456 e. The van der Waals surface area contributed by atoms with Gasteiger partial charge in [0.05, 0.1) is 0 Å². The summed E-state index contributed by atoms with van der Waals surface area (Å²) in [6, 6.07) is 19.9. The molecule has 1 unspecified atom stereocenters. The average molecular weight is 340 g/mol. The van der Waals surface area contributed by atoms with Crippen molar-refractivity contribution in [2.24, 2.45) is 0 Å². The van der Waals surface area contributed by atoms with Gasteiger partial charge >= 0.3 is 0 Å². The number of fused-ring (bicyclic) bond motifs is 7. The van der Waals surface area contributed by atoms with Crippen molar-refractivity contribution >= 4 is 21.9 Å². The van der Waals surface area contributed by atoms with Gasteiger partial charge in [0.2, 0.25) is 0 Å². The van der Waals surface area contributed by atoms with E-state index in [1.165, 1.54) is 45.0 Å². The maximum absolute atomic E-state index is 6.14. The van der Waals surface area contributed by atoms with Crippen LogP contribution in [0.3, 0.4) is 0 Å². The van der Waals surface area contributed by atoms with E-state index in [4.69, 9.17) is 4.42 Å². The first-order chi connectivity index (χ1) is 12.5. The Kier molecular flexibility index (Phi) is 3.16. The molecule has 130 valence electrons. The third-order valence-electron chi connectivity index (χ3n) is 6.38. The van der Waals surface area contributed by atoms with E-state index in [1.807, 2.05) is 6.07 Å². The fourth-order valence-electron chi connectivity index (χ4n) is 4.60. The molecule has 0 radical (unpaired) electrons. The van der Waals surface area contributed by atoms with Gasteiger partial charge in [-0.2, -0.15) is 0 Å². The first-order valence-corrected chi connectivity index (χ1v) is 9.62. The van der Waals surface area contributed by atoms with Crippen LogP contribution in [0.2, 0.25) is 0 Å². The van der Waals surface area contributed by atoms with Gasteiger partial charge in [0.1, 0.15) is 11.2 Å². The molecule has 0 spiro atoms. The Hall–Kier alpha value is -2.54. The number of rotatable bonds is 2. The number of benzene rings is 3. The minimum absolute atomic E-state index is 0.0146. The molecule has 0 bridgehead atoms. The topological polar surface area (TPSA) is 13.1 Å². The standard InChI is InChI=1S/C25H24O/c1-5-15(2)16-10-11-17-20(14-16)25(3,4)19-12-13-22-24(23(17)19)18-8-6-7-9-21(18)26-22/h6-15H,5H2,1-4H3. The van der Waals surface area contributed by atoms with Gasteiger partial charge in [0, 0.05) is 16.2 Å². The van der Waals surface area contributed by atoms with Crippen molar-refractivity contribution in [3.05, 3.63) is 71.3 Å². The van der Waals surface area contributed by atoms with Gasteiger partial charge in [-0.3, -0.25) is 0 Å². The Bertz CT molecular complexity index is 1160. The molecule has 5 rings (SSSR count). The number of hydrogen-bond donors (Lipinski definition) is 0. The molecule has 0 amide bonds. The van der Waals surface area contributed by atoms with E-state index in [0.717, 1.165) is 11.2 Å². The SMILES string of the molecule is CCC(C)c1ccc2c(c1)C(C)(C)c1ccc3oc4ccccc4c3c1-2. The van der Waals surface area contributed by atoms with Crippen molar-refractivity contribution < 1.29 is 4.42 Å². The number of furan rings is 1. The largest absolute Gasteiger partial charge is 0.456 e. The summed E-state index contributed by atoms with van der Waals surface area (Å²) in [5, 5.41) is 2.48. The molecule has 0 N–H and O–H groups in total. The summed E-state index contributed by atoms with van der Waals surface area (Å²) < 4.78 is 6.14. The van der Waals surface area contributed by atoms with Crippen molar-refractivity contribution in [1.82, 2.24) is 0 Å². The van der Waals surface area contributed by atoms with Gasteiger partial charge in [0.25, 0.3) is 0 Å². The van der Waals surface area contributed by atoms with Crippen LogP contribution in [0.15, 0.2) is 59.0 Å². The summed E-state index contributed by atoms with van der Waals surface area (Å²) in [6.45, 7) is 9.29.